The van der Waals surface area contributed by atoms with Gasteiger partial charge in [0.05, 0.1) is 22.5 Å². The Morgan fingerprint density at radius 1 is 0.964 bits per heavy atom. The van der Waals surface area contributed by atoms with Gasteiger partial charge in [-0.2, -0.15) is 0 Å². The molecule has 28 heavy (non-hydrogen) atoms. The molecule has 1 aromatic heterocycles. The van der Waals surface area contributed by atoms with Gasteiger partial charge in [0.2, 0.25) is 0 Å². The van der Waals surface area contributed by atoms with Gasteiger partial charge in [0.15, 0.2) is 0 Å². The third-order valence-electron chi connectivity index (χ3n) is 4.71. The molecule has 6 heteroatoms. The Bertz CT molecular complexity index is 1090. The summed E-state index contributed by atoms with van der Waals surface area (Å²) in [6.07, 6.45) is 3.65. The number of aromatic nitrogens is 1. The normalized spacial score (nSPS) is 13.2. The molecule has 0 saturated heterocycles. The monoisotopic (exact) mass is 378 g/mol. The van der Waals surface area contributed by atoms with Gasteiger partial charge in [-0.15, -0.1) is 0 Å². The van der Waals surface area contributed by atoms with Crippen molar-refractivity contribution in [3.63, 3.8) is 0 Å². The van der Waals surface area contributed by atoms with Crippen molar-refractivity contribution in [1.82, 2.24) is 4.98 Å². The fourth-order valence-corrected chi connectivity index (χ4v) is 3.34. The minimum absolute atomic E-state index is 0.0724. The Balaban J connectivity index is 1.75. The number of carbonyl (C=O) groups is 2. The van der Waals surface area contributed by atoms with E-state index in [2.05, 4.69) is 11.9 Å². The molecule has 0 radical (unpaired) electrons. The maximum absolute atomic E-state index is 14.5. The highest BCUT2D eigenvalue weighted by Crippen LogP contribution is 2.33. The second-order valence-electron chi connectivity index (χ2n) is 6.58. The van der Waals surface area contributed by atoms with Gasteiger partial charge in [-0.25, -0.2) is 13.7 Å². The van der Waals surface area contributed by atoms with Crippen LogP contribution in [0.4, 0.5) is 14.5 Å². The first-order valence-corrected chi connectivity index (χ1v) is 8.93. The van der Waals surface area contributed by atoms with Crippen LogP contribution in [0.3, 0.4) is 0 Å². The lowest BCUT2D eigenvalue weighted by atomic mass is 10.1. The average molecular weight is 378 g/mol. The second kappa shape index (κ2) is 6.96. The van der Waals surface area contributed by atoms with Crippen LogP contribution in [0.5, 0.6) is 0 Å². The largest absolute Gasteiger partial charge is 0.269 e. The molecule has 0 aliphatic carbocycles. The molecule has 2 heterocycles. The van der Waals surface area contributed by atoms with Gasteiger partial charge in [-0.3, -0.25) is 14.6 Å². The topological polar surface area (TPSA) is 50.3 Å². The van der Waals surface area contributed by atoms with Gasteiger partial charge in [0.25, 0.3) is 11.8 Å². The summed E-state index contributed by atoms with van der Waals surface area (Å²) in [5.41, 5.74) is 1.60. The highest BCUT2D eigenvalue weighted by molar-refractivity contribution is 6.34. The molecule has 1 aliphatic heterocycles. The van der Waals surface area contributed by atoms with E-state index in [4.69, 9.17) is 0 Å². The van der Waals surface area contributed by atoms with Gasteiger partial charge in [-0.05, 0) is 48.4 Å². The van der Waals surface area contributed by atoms with Crippen LogP contribution >= 0.6 is 0 Å². The number of imide groups is 1. The number of aryl methyl sites for hydroxylation is 1. The fourth-order valence-electron chi connectivity index (χ4n) is 3.34. The Morgan fingerprint density at radius 2 is 1.79 bits per heavy atom. The molecule has 4 nitrogen and oxygen atoms in total. The minimum Gasteiger partial charge on any atom is -0.268 e. The molecule has 140 valence electrons. The standard InChI is InChI=1S/C22H16F2N2O2/c1-2-4-13-7-10-18(25-12-13)14-8-9-16(23)19(11-14)26-21(27)15-5-3-6-17(24)20(15)22(26)28/h3,5-12H,2,4H2,1H3. The van der Waals surface area contributed by atoms with Crippen LogP contribution in [-0.2, 0) is 6.42 Å². The smallest absolute Gasteiger partial charge is 0.268 e. The Labute approximate surface area is 160 Å². The third kappa shape index (κ3) is 2.87. The summed E-state index contributed by atoms with van der Waals surface area (Å²) < 4.78 is 28.6. The number of fused-ring (bicyclic) bond motifs is 1. The molecular formula is C22H16F2N2O2. The van der Waals surface area contributed by atoms with E-state index in [1.165, 1.54) is 30.3 Å². The van der Waals surface area contributed by atoms with Crippen molar-refractivity contribution in [3.8, 4) is 11.3 Å². The summed E-state index contributed by atoms with van der Waals surface area (Å²) >= 11 is 0. The quantitative estimate of drug-likeness (QED) is 0.614. The Hall–Kier alpha value is -3.41. The van der Waals surface area contributed by atoms with E-state index in [1.54, 1.807) is 6.20 Å². The van der Waals surface area contributed by atoms with Crippen LogP contribution in [0, 0.1) is 11.6 Å². The van der Waals surface area contributed by atoms with Crippen LogP contribution in [-0.4, -0.2) is 16.8 Å². The average Bonchev–Trinajstić information content (AvgIpc) is 2.95. The molecule has 0 N–H and O–H groups in total. The maximum atomic E-state index is 14.5. The number of nitrogens with zero attached hydrogens (tertiary/aromatic N) is 2. The lowest BCUT2D eigenvalue weighted by Gasteiger charge is -2.16. The number of hydrogen-bond donors (Lipinski definition) is 0. The minimum atomic E-state index is -0.875. The van der Waals surface area contributed by atoms with Crippen molar-refractivity contribution >= 4 is 17.5 Å². The molecule has 3 aromatic rings. The third-order valence-corrected chi connectivity index (χ3v) is 4.71. The Morgan fingerprint density at radius 3 is 2.46 bits per heavy atom. The number of halogens is 2. The van der Waals surface area contributed by atoms with Crippen molar-refractivity contribution < 1.29 is 18.4 Å². The zero-order valence-electron chi connectivity index (χ0n) is 15.1. The first kappa shape index (κ1) is 18.0. The SMILES string of the molecule is CCCc1ccc(-c2ccc(F)c(N3C(=O)c4cccc(F)c4C3=O)c2)nc1. The zero-order chi connectivity index (χ0) is 19.8. The molecule has 0 atom stereocenters. The van der Waals surface area contributed by atoms with Crippen molar-refractivity contribution in [2.45, 2.75) is 19.8 Å². The Kier molecular flexibility index (Phi) is 4.47. The zero-order valence-corrected chi connectivity index (χ0v) is 15.1. The first-order valence-electron chi connectivity index (χ1n) is 8.93. The van der Waals surface area contributed by atoms with Crippen LogP contribution in [0.1, 0.15) is 39.6 Å². The van der Waals surface area contributed by atoms with E-state index in [1.807, 2.05) is 12.1 Å². The number of anilines is 1. The number of carbonyl (C=O) groups excluding carboxylic acids is 2. The van der Waals surface area contributed by atoms with Gasteiger partial charge >= 0.3 is 0 Å². The van der Waals surface area contributed by atoms with E-state index < -0.39 is 23.4 Å². The molecule has 4 rings (SSSR count). The highest BCUT2D eigenvalue weighted by atomic mass is 19.1. The predicted molar refractivity (Wildman–Crippen MR) is 101 cm³/mol. The lowest BCUT2D eigenvalue weighted by molar-refractivity contribution is 0.0924. The van der Waals surface area contributed by atoms with E-state index in [0.29, 0.717) is 16.2 Å². The van der Waals surface area contributed by atoms with E-state index in [-0.39, 0.29) is 16.8 Å². The summed E-state index contributed by atoms with van der Waals surface area (Å²) in [5.74, 6) is -3.17. The summed E-state index contributed by atoms with van der Waals surface area (Å²) in [7, 11) is 0. The van der Waals surface area contributed by atoms with Crippen molar-refractivity contribution in [2.75, 3.05) is 4.90 Å². The molecule has 2 aromatic carbocycles. The molecule has 0 spiro atoms. The predicted octanol–water partition coefficient (Wildman–Crippen LogP) is 4.78. The molecule has 0 fully saturated rings. The summed E-state index contributed by atoms with van der Waals surface area (Å²) in [6, 6.07) is 11.6. The van der Waals surface area contributed by atoms with E-state index in [0.717, 1.165) is 24.5 Å². The number of rotatable bonds is 4. The molecular weight excluding hydrogens is 362 g/mol. The van der Waals surface area contributed by atoms with E-state index >= 15 is 0 Å². The summed E-state index contributed by atoms with van der Waals surface area (Å²) in [5, 5.41) is 0. The van der Waals surface area contributed by atoms with E-state index in [9.17, 15) is 18.4 Å². The van der Waals surface area contributed by atoms with Crippen LogP contribution in [0.25, 0.3) is 11.3 Å². The number of hydrogen-bond acceptors (Lipinski definition) is 3. The second-order valence-corrected chi connectivity index (χ2v) is 6.58. The lowest BCUT2D eigenvalue weighted by Crippen LogP contribution is -2.30. The first-order chi connectivity index (χ1) is 13.5. The van der Waals surface area contributed by atoms with Crippen molar-refractivity contribution in [1.29, 1.82) is 0 Å². The van der Waals surface area contributed by atoms with Crippen LogP contribution < -0.4 is 4.90 Å². The molecule has 0 saturated carbocycles. The van der Waals surface area contributed by atoms with Crippen molar-refractivity contribution in [2.24, 2.45) is 0 Å². The molecule has 0 bridgehead atoms. The molecule has 2 amide bonds. The molecule has 0 unspecified atom stereocenters. The highest BCUT2D eigenvalue weighted by Gasteiger charge is 2.40. The number of benzene rings is 2. The molecule has 1 aliphatic rings. The van der Waals surface area contributed by atoms with Gasteiger partial charge in [-0.1, -0.05) is 25.5 Å². The summed E-state index contributed by atoms with van der Waals surface area (Å²) in [4.78, 5) is 30.3. The fraction of sp³-hybridized carbons (Fsp3) is 0.136. The van der Waals surface area contributed by atoms with Crippen LogP contribution in [0.15, 0.2) is 54.7 Å². The van der Waals surface area contributed by atoms with Gasteiger partial charge < -0.3 is 0 Å². The summed E-state index contributed by atoms with van der Waals surface area (Å²) in [6.45, 7) is 2.07. The van der Waals surface area contributed by atoms with Crippen molar-refractivity contribution in [3.05, 3.63) is 83.1 Å². The maximum Gasteiger partial charge on any atom is 0.269 e. The number of amides is 2. The van der Waals surface area contributed by atoms with Crippen LogP contribution in [0.2, 0.25) is 0 Å². The number of pyridine rings is 1. The van der Waals surface area contributed by atoms with Gasteiger partial charge in [0.1, 0.15) is 11.6 Å². The van der Waals surface area contributed by atoms with Gasteiger partial charge in [0, 0.05) is 11.8 Å².